The van der Waals surface area contributed by atoms with Crippen LogP contribution in [0.1, 0.15) is 19.4 Å². The van der Waals surface area contributed by atoms with Crippen molar-refractivity contribution in [2.75, 3.05) is 6.61 Å². The van der Waals surface area contributed by atoms with Crippen LogP contribution in [0.15, 0.2) is 70.5 Å². The van der Waals surface area contributed by atoms with Crippen LogP contribution in [0.3, 0.4) is 0 Å². The number of hydrogen-bond acceptors (Lipinski definition) is 3. The Morgan fingerprint density at radius 3 is 2.14 bits per heavy atom. The lowest BCUT2D eigenvalue weighted by molar-refractivity contribution is -0.137. The Labute approximate surface area is 129 Å². The zero-order valence-electron chi connectivity index (χ0n) is 12.2. The molecule has 0 spiro atoms. The van der Waals surface area contributed by atoms with Crippen molar-refractivity contribution in [1.29, 1.82) is 0 Å². The zero-order chi connectivity index (χ0) is 15.1. The summed E-state index contributed by atoms with van der Waals surface area (Å²) in [6.07, 6.45) is 0. The van der Waals surface area contributed by atoms with E-state index in [1.165, 1.54) is 11.8 Å². The van der Waals surface area contributed by atoms with Gasteiger partial charge in [-0.1, -0.05) is 60.3 Å². The lowest BCUT2D eigenvalue weighted by Crippen LogP contribution is -2.07. The summed E-state index contributed by atoms with van der Waals surface area (Å²) in [4.78, 5) is 13.9. The first kappa shape index (κ1) is 15.4. The van der Waals surface area contributed by atoms with Gasteiger partial charge in [0.1, 0.15) is 4.91 Å². The Kier molecular flexibility index (Phi) is 5.64. The van der Waals surface area contributed by atoms with Crippen molar-refractivity contribution < 1.29 is 9.53 Å². The zero-order valence-corrected chi connectivity index (χ0v) is 13.0. The SMILES string of the molecule is CCOC(=O)C(Sc1ccccc1)=C(C)c1ccccc1. The molecule has 0 radical (unpaired) electrons. The molecule has 0 fully saturated rings. The molecule has 0 amide bonds. The van der Waals surface area contributed by atoms with E-state index in [4.69, 9.17) is 4.74 Å². The van der Waals surface area contributed by atoms with Gasteiger partial charge in [0.15, 0.2) is 0 Å². The van der Waals surface area contributed by atoms with Crippen LogP contribution in [-0.4, -0.2) is 12.6 Å². The molecule has 2 aromatic carbocycles. The van der Waals surface area contributed by atoms with E-state index in [2.05, 4.69) is 0 Å². The molecule has 0 aliphatic carbocycles. The van der Waals surface area contributed by atoms with E-state index in [9.17, 15) is 4.79 Å². The van der Waals surface area contributed by atoms with Gasteiger partial charge in [-0.15, -0.1) is 0 Å². The molecule has 0 aromatic heterocycles. The summed E-state index contributed by atoms with van der Waals surface area (Å²) in [7, 11) is 0. The number of allylic oxidation sites excluding steroid dienone is 1. The number of rotatable bonds is 5. The maximum Gasteiger partial charge on any atom is 0.345 e. The molecule has 0 atom stereocenters. The smallest absolute Gasteiger partial charge is 0.345 e. The first-order valence-corrected chi connectivity index (χ1v) is 7.70. The molecular weight excluding hydrogens is 280 g/mol. The highest BCUT2D eigenvalue weighted by atomic mass is 32.2. The van der Waals surface area contributed by atoms with Gasteiger partial charge in [-0.3, -0.25) is 0 Å². The van der Waals surface area contributed by atoms with Gasteiger partial charge in [-0.05, 0) is 37.1 Å². The van der Waals surface area contributed by atoms with E-state index in [0.717, 1.165) is 16.0 Å². The van der Waals surface area contributed by atoms with Gasteiger partial charge in [0.25, 0.3) is 0 Å². The van der Waals surface area contributed by atoms with Crippen molar-refractivity contribution in [2.45, 2.75) is 18.7 Å². The number of carbonyl (C=O) groups excluding carboxylic acids is 1. The third kappa shape index (κ3) is 4.23. The summed E-state index contributed by atoms with van der Waals surface area (Å²) in [5.41, 5.74) is 1.96. The molecule has 0 unspecified atom stereocenters. The summed E-state index contributed by atoms with van der Waals surface area (Å²) in [5, 5.41) is 0. The minimum absolute atomic E-state index is 0.271. The minimum Gasteiger partial charge on any atom is -0.462 e. The van der Waals surface area contributed by atoms with E-state index in [-0.39, 0.29) is 5.97 Å². The van der Waals surface area contributed by atoms with Gasteiger partial charge in [-0.2, -0.15) is 0 Å². The number of hydrogen-bond donors (Lipinski definition) is 0. The van der Waals surface area contributed by atoms with Crippen molar-refractivity contribution in [3.05, 3.63) is 71.1 Å². The van der Waals surface area contributed by atoms with E-state index in [1.54, 1.807) is 0 Å². The molecule has 2 aromatic rings. The van der Waals surface area contributed by atoms with Crippen molar-refractivity contribution >= 4 is 23.3 Å². The topological polar surface area (TPSA) is 26.3 Å². The van der Waals surface area contributed by atoms with E-state index >= 15 is 0 Å². The lowest BCUT2D eigenvalue weighted by Gasteiger charge is -2.11. The summed E-state index contributed by atoms with van der Waals surface area (Å²) >= 11 is 1.44. The third-order valence-electron chi connectivity index (χ3n) is 2.97. The molecule has 0 bridgehead atoms. The first-order chi connectivity index (χ1) is 10.2. The fraction of sp³-hybridized carbons (Fsp3) is 0.167. The quantitative estimate of drug-likeness (QED) is 0.452. The molecule has 108 valence electrons. The van der Waals surface area contributed by atoms with Gasteiger partial charge in [0, 0.05) is 4.90 Å². The molecule has 0 aliphatic rings. The van der Waals surface area contributed by atoms with E-state index in [0.29, 0.717) is 11.5 Å². The van der Waals surface area contributed by atoms with Crippen molar-refractivity contribution in [1.82, 2.24) is 0 Å². The Morgan fingerprint density at radius 1 is 1.00 bits per heavy atom. The highest BCUT2D eigenvalue weighted by Gasteiger charge is 2.16. The highest BCUT2D eigenvalue weighted by molar-refractivity contribution is 8.04. The van der Waals surface area contributed by atoms with E-state index in [1.807, 2.05) is 74.5 Å². The van der Waals surface area contributed by atoms with E-state index < -0.39 is 0 Å². The second-order valence-electron chi connectivity index (χ2n) is 4.46. The fourth-order valence-corrected chi connectivity index (χ4v) is 2.84. The van der Waals surface area contributed by atoms with Gasteiger partial charge < -0.3 is 4.74 Å². The Balaban J connectivity index is 2.38. The average molecular weight is 298 g/mol. The second kappa shape index (κ2) is 7.70. The number of thioether (sulfide) groups is 1. The van der Waals surface area contributed by atoms with Crippen LogP contribution in [0.2, 0.25) is 0 Å². The maximum absolute atomic E-state index is 12.3. The van der Waals surface area contributed by atoms with Crippen LogP contribution in [0.4, 0.5) is 0 Å². The van der Waals surface area contributed by atoms with Crippen molar-refractivity contribution in [3.63, 3.8) is 0 Å². The Morgan fingerprint density at radius 2 is 1.57 bits per heavy atom. The average Bonchev–Trinajstić information content (AvgIpc) is 2.54. The molecular formula is C18H18O2S. The first-order valence-electron chi connectivity index (χ1n) is 6.88. The number of benzene rings is 2. The van der Waals surface area contributed by atoms with Gasteiger partial charge in [-0.25, -0.2) is 4.79 Å². The monoisotopic (exact) mass is 298 g/mol. The number of carbonyl (C=O) groups is 1. The largest absolute Gasteiger partial charge is 0.462 e. The molecule has 0 N–H and O–H groups in total. The molecule has 3 heteroatoms. The summed E-state index contributed by atoms with van der Waals surface area (Å²) < 4.78 is 5.20. The molecule has 0 heterocycles. The lowest BCUT2D eigenvalue weighted by atomic mass is 10.1. The number of esters is 1. The summed E-state index contributed by atoms with van der Waals surface area (Å²) in [6.45, 7) is 4.15. The van der Waals surface area contributed by atoms with Crippen LogP contribution in [0, 0.1) is 0 Å². The molecule has 21 heavy (non-hydrogen) atoms. The van der Waals surface area contributed by atoms with Crippen LogP contribution in [-0.2, 0) is 9.53 Å². The summed E-state index contributed by atoms with van der Waals surface area (Å²) in [5.74, 6) is -0.271. The fourth-order valence-electron chi connectivity index (χ4n) is 1.89. The molecule has 0 saturated carbocycles. The highest BCUT2D eigenvalue weighted by Crippen LogP contribution is 2.33. The van der Waals surface area contributed by atoms with Crippen molar-refractivity contribution in [2.24, 2.45) is 0 Å². The van der Waals surface area contributed by atoms with Crippen LogP contribution in [0.25, 0.3) is 5.57 Å². The van der Waals surface area contributed by atoms with Gasteiger partial charge in [0.2, 0.25) is 0 Å². The van der Waals surface area contributed by atoms with Crippen LogP contribution >= 0.6 is 11.8 Å². The molecule has 0 aliphatic heterocycles. The second-order valence-corrected chi connectivity index (χ2v) is 5.54. The van der Waals surface area contributed by atoms with Gasteiger partial charge >= 0.3 is 5.97 Å². The normalized spacial score (nSPS) is 11.7. The molecule has 2 nitrogen and oxygen atoms in total. The summed E-state index contributed by atoms with van der Waals surface area (Å²) in [6, 6.07) is 19.8. The predicted molar refractivity (Wildman–Crippen MR) is 88.0 cm³/mol. The van der Waals surface area contributed by atoms with Crippen LogP contribution in [0.5, 0.6) is 0 Å². The van der Waals surface area contributed by atoms with Gasteiger partial charge in [0.05, 0.1) is 6.61 Å². The number of ether oxygens (including phenoxy) is 1. The maximum atomic E-state index is 12.3. The third-order valence-corrected chi connectivity index (χ3v) is 4.16. The minimum atomic E-state index is -0.271. The molecule has 0 saturated heterocycles. The Bertz CT molecular complexity index is 618. The standard InChI is InChI=1S/C18H18O2S/c1-3-20-18(19)17(21-16-12-8-5-9-13-16)14(2)15-10-6-4-7-11-15/h4-13H,3H2,1-2H3. The van der Waals surface area contributed by atoms with Crippen LogP contribution < -0.4 is 0 Å². The van der Waals surface area contributed by atoms with Crippen molar-refractivity contribution in [3.8, 4) is 0 Å². The predicted octanol–water partition coefficient (Wildman–Crippen LogP) is 4.77. The Hall–Kier alpha value is -2.00. The molecule has 2 rings (SSSR count).